The smallest absolute Gasteiger partial charge is 0.156 e. The van der Waals surface area contributed by atoms with E-state index in [0.29, 0.717) is 13.2 Å². The van der Waals surface area contributed by atoms with E-state index in [4.69, 9.17) is 10.00 Å². The van der Waals surface area contributed by atoms with Crippen LogP contribution in [0.2, 0.25) is 0 Å². The predicted molar refractivity (Wildman–Crippen MR) is 54.9 cm³/mol. The minimum Gasteiger partial charge on any atom is -0.361 e. The van der Waals surface area contributed by atoms with Gasteiger partial charge in [-0.1, -0.05) is 6.07 Å². The molecule has 4 heteroatoms. The number of nitrogens with zero attached hydrogens (tertiary/aromatic N) is 3. The Bertz CT molecular complexity index is 347. The third-order valence-corrected chi connectivity index (χ3v) is 2.41. The summed E-state index contributed by atoms with van der Waals surface area (Å²) in [6.07, 6.45) is 1.50. The zero-order chi connectivity index (χ0) is 10.5. The highest BCUT2D eigenvalue weighted by atomic mass is 16.5. The molecule has 1 aromatic heterocycles. The molecule has 0 amide bonds. The maximum Gasteiger partial charge on any atom is 0.156 e. The Morgan fingerprint density at radius 3 is 3.27 bits per heavy atom. The molecule has 0 aromatic carbocycles. The fraction of sp³-hybridized carbons (Fsp3) is 0.455. The van der Waals surface area contributed by atoms with Gasteiger partial charge < -0.3 is 4.74 Å². The standard InChI is InChI=1S/C11H13N3O/c12-7-11-9-14(5-6-15-11)8-10-3-1-2-4-13-10/h1-4,11H,5-6,8-9H2. The number of aromatic nitrogens is 1. The van der Waals surface area contributed by atoms with Gasteiger partial charge in [-0.05, 0) is 12.1 Å². The number of rotatable bonds is 2. The van der Waals surface area contributed by atoms with E-state index in [1.807, 2.05) is 18.2 Å². The van der Waals surface area contributed by atoms with E-state index < -0.39 is 0 Å². The van der Waals surface area contributed by atoms with Crippen molar-refractivity contribution in [1.29, 1.82) is 5.26 Å². The lowest BCUT2D eigenvalue weighted by Crippen LogP contribution is -2.41. The highest BCUT2D eigenvalue weighted by Crippen LogP contribution is 2.08. The van der Waals surface area contributed by atoms with Gasteiger partial charge in [0.1, 0.15) is 0 Å². The monoisotopic (exact) mass is 203 g/mol. The van der Waals surface area contributed by atoms with Gasteiger partial charge in [0.15, 0.2) is 6.10 Å². The van der Waals surface area contributed by atoms with Crippen molar-refractivity contribution in [2.24, 2.45) is 0 Å². The SMILES string of the molecule is N#CC1CN(Cc2ccccn2)CCO1. The van der Waals surface area contributed by atoms with Crippen LogP contribution in [0.5, 0.6) is 0 Å². The van der Waals surface area contributed by atoms with E-state index >= 15 is 0 Å². The second-order valence-electron chi connectivity index (χ2n) is 3.54. The molecule has 78 valence electrons. The van der Waals surface area contributed by atoms with E-state index in [0.717, 1.165) is 18.8 Å². The lowest BCUT2D eigenvalue weighted by atomic mass is 10.2. The molecule has 1 atom stereocenters. The first-order chi connectivity index (χ1) is 7.38. The molecular formula is C11H13N3O. The fourth-order valence-electron chi connectivity index (χ4n) is 1.65. The molecule has 1 aliphatic rings. The summed E-state index contributed by atoms with van der Waals surface area (Å²) >= 11 is 0. The van der Waals surface area contributed by atoms with Gasteiger partial charge in [-0.2, -0.15) is 5.26 Å². The van der Waals surface area contributed by atoms with Crippen molar-refractivity contribution < 1.29 is 4.74 Å². The average molecular weight is 203 g/mol. The molecule has 15 heavy (non-hydrogen) atoms. The Hall–Kier alpha value is -1.44. The largest absolute Gasteiger partial charge is 0.361 e. The first-order valence-electron chi connectivity index (χ1n) is 5.02. The number of morpholine rings is 1. The van der Waals surface area contributed by atoms with E-state index in [-0.39, 0.29) is 6.10 Å². The van der Waals surface area contributed by atoms with Crippen LogP contribution in [0, 0.1) is 11.3 Å². The van der Waals surface area contributed by atoms with Crippen LogP contribution >= 0.6 is 0 Å². The molecular weight excluding hydrogens is 190 g/mol. The number of hydrogen-bond donors (Lipinski definition) is 0. The second-order valence-corrected chi connectivity index (χ2v) is 3.54. The van der Waals surface area contributed by atoms with Crippen LogP contribution in [-0.4, -0.2) is 35.7 Å². The van der Waals surface area contributed by atoms with E-state index in [1.165, 1.54) is 0 Å². The second kappa shape index (κ2) is 4.87. The minimum atomic E-state index is -0.289. The van der Waals surface area contributed by atoms with Gasteiger partial charge in [-0.25, -0.2) is 0 Å². The molecule has 4 nitrogen and oxygen atoms in total. The van der Waals surface area contributed by atoms with E-state index in [1.54, 1.807) is 6.20 Å². The number of hydrogen-bond acceptors (Lipinski definition) is 4. The van der Waals surface area contributed by atoms with Crippen LogP contribution in [-0.2, 0) is 11.3 Å². The Morgan fingerprint density at radius 2 is 2.53 bits per heavy atom. The third-order valence-electron chi connectivity index (χ3n) is 2.41. The van der Waals surface area contributed by atoms with Gasteiger partial charge in [-0.15, -0.1) is 0 Å². The highest BCUT2D eigenvalue weighted by molar-refractivity contribution is 5.03. The molecule has 1 aliphatic heterocycles. The molecule has 1 aromatic rings. The van der Waals surface area contributed by atoms with Gasteiger partial charge in [0.05, 0.1) is 18.4 Å². The summed E-state index contributed by atoms with van der Waals surface area (Å²) in [6.45, 7) is 2.97. The van der Waals surface area contributed by atoms with Gasteiger partial charge in [-0.3, -0.25) is 9.88 Å². The van der Waals surface area contributed by atoms with Crippen LogP contribution in [0.15, 0.2) is 24.4 Å². The van der Waals surface area contributed by atoms with Crippen molar-refractivity contribution in [3.05, 3.63) is 30.1 Å². The number of nitriles is 1. The van der Waals surface area contributed by atoms with Gasteiger partial charge in [0.2, 0.25) is 0 Å². The zero-order valence-electron chi connectivity index (χ0n) is 8.47. The summed E-state index contributed by atoms with van der Waals surface area (Å²) < 4.78 is 5.27. The first kappa shape index (κ1) is 10.1. The van der Waals surface area contributed by atoms with Gasteiger partial charge in [0, 0.05) is 25.8 Å². The summed E-state index contributed by atoms with van der Waals surface area (Å²) in [6, 6.07) is 8.01. The molecule has 0 spiro atoms. The maximum atomic E-state index is 8.76. The first-order valence-corrected chi connectivity index (χ1v) is 5.02. The maximum absolute atomic E-state index is 8.76. The van der Waals surface area contributed by atoms with Crippen LogP contribution in [0.25, 0.3) is 0 Å². The number of pyridine rings is 1. The average Bonchev–Trinajstić information content (AvgIpc) is 2.31. The molecule has 1 unspecified atom stereocenters. The van der Waals surface area contributed by atoms with Gasteiger partial charge >= 0.3 is 0 Å². The highest BCUT2D eigenvalue weighted by Gasteiger charge is 2.19. The van der Waals surface area contributed by atoms with Crippen LogP contribution < -0.4 is 0 Å². The van der Waals surface area contributed by atoms with Crippen LogP contribution in [0.3, 0.4) is 0 Å². The molecule has 0 N–H and O–H groups in total. The molecule has 0 aliphatic carbocycles. The predicted octanol–water partition coefficient (Wildman–Crippen LogP) is 0.806. The summed E-state index contributed by atoms with van der Waals surface area (Å²) in [4.78, 5) is 6.45. The Balaban J connectivity index is 1.93. The van der Waals surface area contributed by atoms with Crippen molar-refractivity contribution in [1.82, 2.24) is 9.88 Å². The topological polar surface area (TPSA) is 49.2 Å². The van der Waals surface area contributed by atoms with Crippen LogP contribution in [0.4, 0.5) is 0 Å². The molecule has 0 radical (unpaired) electrons. The summed E-state index contributed by atoms with van der Waals surface area (Å²) in [7, 11) is 0. The quantitative estimate of drug-likeness (QED) is 0.713. The molecule has 1 saturated heterocycles. The Labute approximate surface area is 89.1 Å². The Kier molecular flexibility index (Phi) is 3.28. The normalized spacial score (nSPS) is 22.2. The van der Waals surface area contributed by atoms with Gasteiger partial charge in [0.25, 0.3) is 0 Å². The molecule has 2 heterocycles. The van der Waals surface area contributed by atoms with Crippen molar-refractivity contribution in [2.45, 2.75) is 12.6 Å². The summed E-state index contributed by atoms with van der Waals surface area (Å²) in [5.74, 6) is 0. The van der Waals surface area contributed by atoms with Crippen molar-refractivity contribution in [2.75, 3.05) is 19.7 Å². The van der Waals surface area contributed by atoms with Crippen molar-refractivity contribution >= 4 is 0 Å². The van der Waals surface area contributed by atoms with E-state index in [9.17, 15) is 0 Å². The molecule has 0 saturated carbocycles. The number of ether oxygens (including phenoxy) is 1. The lowest BCUT2D eigenvalue weighted by Gasteiger charge is -2.29. The summed E-state index contributed by atoms with van der Waals surface area (Å²) in [5, 5.41) is 8.76. The Morgan fingerprint density at radius 1 is 1.60 bits per heavy atom. The van der Waals surface area contributed by atoms with E-state index in [2.05, 4.69) is 16.0 Å². The third kappa shape index (κ3) is 2.75. The zero-order valence-corrected chi connectivity index (χ0v) is 8.47. The molecule has 0 bridgehead atoms. The fourth-order valence-corrected chi connectivity index (χ4v) is 1.65. The van der Waals surface area contributed by atoms with Crippen molar-refractivity contribution in [3.63, 3.8) is 0 Å². The van der Waals surface area contributed by atoms with Crippen LogP contribution in [0.1, 0.15) is 5.69 Å². The minimum absolute atomic E-state index is 0.289. The molecule has 1 fully saturated rings. The lowest BCUT2D eigenvalue weighted by molar-refractivity contribution is -0.00311. The summed E-state index contributed by atoms with van der Waals surface area (Å²) in [5.41, 5.74) is 1.04. The van der Waals surface area contributed by atoms with Crippen molar-refractivity contribution in [3.8, 4) is 6.07 Å². The molecule has 2 rings (SSSR count).